The predicted octanol–water partition coefficient (Wildman–Crippen LogP) is 1.02. The molecule has 0 atom stereocenters. The van der Waals surface area contributed by atoms with E-state index in [0.29, 0.717) is 31.8 Å². The highest BCUT2D eigenvalue weighted by Crippen LogP contribution is 2.11. The number of hydrogen-bond donors (Lipinski definition) is 2. The number of carbonyl (C=O) groups excluding carboxylic acids is 2. The first kappa shape index (κ1) is 17.2. The molecule has 0 aromatic carbocycles. The van der Waals surface area contributed by atoms with Crippen LogP contribution in [0.25, 0.3) is 0 Å². The van der Waals surface area contributed by atoms with E-state index in [-0.39, 0.29) is 18.0 Å². The highest BCUT2D eigenvalue weighted by Gasteiger charge is 2.23. The van der Waals surface area contributed by atoms with Gasteiger partial charge in [-0.15, -0.1) is 0 Å². The molecule has 0 spiro atoms. The zero-order valence-electron chi connectivity index (χ0n) is 13.5. The summed E-state index contributed by atoms with van der Waals surface area (Å²) < 4.78 is 4.95. The number of likely N-dealkylation sites (tertiary alicyclic amines) is 1. The number of nitrogens with zero attached hydrogens (tertiary/aromatic N) is 2. The van der Waals surface area contributed by atoms with Gasteiger partial charge in [-0.1, -0.05) is 0 Å². The summed E-state index contributed by atoms with van der Waals surface area (Å²) in [6.45, 7) is 2.55. The second-order valence-corrected chi connectivity index (χ2v) is 5.55. The molecule has 1 aliphatic heterocycles. The van der Waals surface area contributed by atoms with Crippen LogP contribution in [0.5, 0.6) is 0 Å². The molecule has 0 aliphatic carbocycles. The van der Waals surface area contributed by atoms with Crippen LogP contribution in [0, 0.1) is 0 Å². The van der Waals surface area contributed by atoms with Gasteiger partial charge >= 0.3 is 6.03 Å². The second kappa shape index (κ2) is 9.09. The standard InChI is InChI=1S/C16H24N4O3/c1-23-11-3-8-18-16(22)20-9-5-14(6-10-20)19-15(21)13-4-2-7-17-12-13/h2,4,7,12,14H,3,5-6,8-11H2,1H3,(H,18,22)(H,19,21). The SMILES string of the molecule is COCCCNC(=O)N1CCC(NC(=O)c2cccnc2)CC1. The maximum Gasteiger partial charge on any atom is 0.317 e. The molecule has 0 bridgehead atoms. The number of hydrogen-bond acceptors (Lipinski definition) is 4. The number of piperidine rings is 1. The lowest BCUT2D eigenvalue weighted by Crippen LogP contribution is -2.49. The Morgan fingerprint density at radius 3 is 2.83 bits per heavy atom. The maximum absolute atomic E-state index is 12.1. The third-order valence-electron chi connectivity index (χ3n) is 3.84. The predicted molar refractivity (Wildman–Crippen MR) is 86.2 cm³/mol. The van der Waals surface area contributed by atoms with Gasteiger partial charge < -0.3 is 20.3 Å². The average Bonchev–Trinajstić information content (AvgIpc) is 2.60. The summed E-state index contributed by atoms with van der Waals surface area (Å²) in [6.07, 6.45) is 5.52. The normalized spacial score (nSPS) is 15.3. The molecule has 0 radical (unpaired) electrons. The van der Waals surface area contributed by atoms with Crippen LogP contribution in [0.3, 0.4) is 0 Å². The molecule has 1 aliphatic rings. The summed E-state index contributed by atoms with van der Waals surface area (Å²) in [6, 6.07) is 3.54. The highest BCUT2D eigenvalue weighted by atomic mass is 16.5. The lowest BCUT2D eigenvalue weighted by atomic mass is 10.0. The fourth-order valence-corrected chi connectivity index (χ4v) is 2.52. The zero-order valence-corrected chi connectivity index (χ0v) is 13.5. The Hall–Kier alpha value is -2.15. The maximum atomic E-state index is 12.1. The first-order valence-corrected chi connectivity index (χ1v) is 7.93. The van der Waals surface area contributed by atoms with Gasteiger partial charge in [-0.2, -0.15) is 0 Å². The van der Waals surface area contributed by atoms with Crippen molar-refractivity contribution in [1.29, 1.82) is 0 Å². The van der Waals surface area contributed by atoms with Gasteiger partial charge in [0.1, 0.15) is 0 Å². The summed E-state index contributed by atoms with van der Waals surface area (Å²) >= 11 is 0. The highest BCUT2D eigenvalue weighted by molar-refractivity contribution is 5.94. The monoisotopic (exact) mass is 320 g/mol. The van der Waals surface area contributed by atoms with Gasteiger partial charge in [0.15, 0.2) is 0 Å². The molecule has 0 unspecified atom stereocenters. The quantitative estimate of drug-likeness (QED) is 0.767. The molecule has 1 fully saturated rings. The summed E-state index contributed by atoms with van der Waals surface area (Å²) in [5, 5.41) is 5.88. The Bertz CT molecular complexity index is 501. The van der Waals surface area contributed by atoms with Crippen molar-refractivity contribution in [1.82, 2.24) is 20.5 Å². The van der Waals surface area contributed by atoms with Crippen LogP contribution in [-0.4, -0.2) is 61.2 Å². The summed E-state index contributed by atoms with van der Waals surface area (Å²) in [4.78, 5) is 29.8. The van der Waals surface area contributed by atoms with Crippen molar-refractivity contribution in [2.75, 3.05) is 33.4 Å². The first-order chi connectivity index (χ1) is 11.2. The summed E-state index contributed by atoms with van der Waals surface area (Å²) in [5.74, 6) is -0.111. The van der Waals surface area contributed by atoms with Gasteiger partial charge in [0, 0.05) is 51.8 Å². The topological polar surface area (TPSA) is 83.6 Å². The van der Waals surface area contributed by atoms with Gasteiger partial charge in [0.25, 0.3) is 5.91 Å². The molecule has 23 heavy (non-hydrogen) atoms. The number of aromatic nitrogens is 1. The molecule has 1 aromatic heterocycles. The minimum Gasteiger partial charge on any atom is -0.385 e. The van der Waals surface area contributed by atoms with Crippen LogP contribution >= 0.6 is 0 Å². The van der Waals surface area contributed by atoms with E-state index in [1.165, 1.54) is 0 Å². The molecule has 1 saturated heterocycles. The lowest BCUT2D eigenvalue weighted by molar-refractivity contribution is 0.0917. The number of nitrogens with one attached hydrogen (secondary N) is 2. The first-order valence-electron chi connectivity index (χ1n) is 7.93. The number of ether oxygens (including phenoxy) is 1. The zero-order chi connectivity index (χ0) is 16.5. The van der Waals surface area contributed by atoms with Crippen molar-refractivity contribution in [2.45, 2.75) is 25.3 Å². The van der Waals surface area contributed by atoms with Crippen LogP contribution in [0.2, 0.25) is 0 Å². The van der Waals surface area contributed by atoms with Crippen LogP contribution < -0.4 is 10.6 Å². The molecule has 3 amide bonds. The molecule has 2 rings (SSSR count). The molecule has 2 heterocycles. The van der Waals surface area contributed by atoms with Gasteiger partial charge in [-0.05, 0) is 31.4 Å². The van der Waals surface area contributed by atoms with Crippen LogP contribution in [0.1, 0.15) is 29.6 Å². The Kier molecular flexibility index (Phi) is 6.80. The van der Waals surface area contributed by atoms with E-state index in [1.807, 2.05) is 0 Å². The lowest BCUT2D eigenvalue weighted by Gasteiger charge is -2.32. The Labute approximate surface area is 136 Å². The number of urea groups is 1. The molecule has 1 aromatic rings. The fraction of sp³-hybridized carbons (Fsp3) is 0.562. The third kappa shape index (κ3) is 5.52. The van der Waals surface area contributed by atoms with Crippen molar-refractivity contribution in [3.8, 4) is 0 Å². The van der Waals surface area contributed by atoms with Gasteiger partial charge in [0.05, 0.1) is 5.56 Å². The van der Waals surface area contributed by atoms with Crippen LogP contribution in [-0.2, 0) is 4.74 Å². The number of carbonyl (C=O) groups is 2. The van der Waals surface area contributed by atoms with Crippen molar-refractivity contribution in [2.24, 2.45) is 0 Å². The molecule has 7 heteroatoms. The minimum atomic E-state index is -0.111. The fourth-order valence-electron chi connectivity index (χ4n) is 2.52. The van der Waals surface area contributed by atoms with E-state index in [2.05, 4.69) is 15.6 Å². The van der Waals surface area contributed by atoms with Crippen molar-refractivity contribution in [3.63, 3.8) is 0 Å². The van der Waals surface area contributed by atoms with Crippen LogP contribution in [0.15, 0.2) is 24.5 Å². The number of methoxy groups -OCH3 is 1. The van der Waals surface area contributed by atoms with E-state index in [9.17, 15) is 9.59 Å². The van der Waals surface area contributed by atoms with Gasteiger partial charge in [0.2, 0.25) is 0 Å². The van der Waals surface area contributed by atoms with E-state index in [0.717, 1.165) is 19.3 Å². The number of amides is 3. The largest absolute Gasteiger partial charge is 0.385 e. The smallest absolute Gasteiger partial charge is 0.317 e. The molecule has 2 N–H and O–H groups in total. The van der Waals surface area contributed by atoms with Crippen molar-refractivity contribution in [3.05, 3.63) is 30.1 Å². The minimum absolute atomic E-state index is 0.0434. The molecular formula is C16H24N4O3. The van der Waals surface area contributed by atoms with E-state index < -0.39 is 0 Å². The van der Waals surface area contributed by atoms with Crippen molar-refractivity contribution < 1.29 is 14.3 Å². The van der Waals surface area contributed by atoms with Crippen molar-refractivity contribution >= 4 is 11.9 Å². The van der Waals surface area contributed by atoms with Gasteiger partial charge in [-0.25, -0.2) is 4.79 Å². The molecular weight excluding hydrogens is 296 g/mol. The van der Waals surface area contributed by atoms with E-state index in [4.69, 9.17) is 4.74 Å². The van der Waals surface area contributed by atoms with Crippen LogP contribution in [0.4, 0.5) is 4.79 Å². The number of pyridine rings is 1. The second-order valence-electron chi connectivity index (χ2n) is 5.55. The molecule has 126 valence electrons. The molecule has 7 nitrogen and oxygen atoms in total. The summed E-state index contributed by atoms with van der Waals surface area (Å²) in [7, 11) is 1.65. The van der Waals surface area contributed by atoms with E-state index >= 15 is 0 Å². The molecule has 0 saturated carbocycles. The Balaban J connectivity index is 1.69. The summed E-state index contributed by atoms with van der Waals surface area (Å²) in [5.41, 5.74) is 0.561. The Morgan fingerprint density at radius 2 is 2.17 bits per heavy atom. The third-order valence-corrected chi connectivity index (χ3v) is 3.84. The van der Waals surface area contributed by atoms with E-state index in [1.54, 1.807) is 36.5 Å². The Morgan fingerprint density at radius 1 is 1.39 bits per heavy atom. The van der Waals surface area contributed by atoms with Gasteiger partial charge in [-0.3, -0.25) is 9.78 Å². The number of rotatable bonds is 6. The average molecular weight is 320 g/mol.